The fourth-order valence-corrected chi connectivity index (χ4v) is 2.92. The fraction of sp³-hybridized carbons (Fsp3) is 0.714. The predicted octanol–water partition coefficient (Wildman–Crippen LogP) is 1.25. The quantitative estimate of drug-likeness (QED) is 0.914. The number of hydrogen-bond donors (Lipinski definition) is 1. The molecular formula is C14H23ClN4O. The minimum absolute atomic E-state index is 0. The number of halogens is 1. The maximum atomic E-state index is 12.1. The summed E-state index contributed by atoms with van der Waals surface area (Å²) in [5, 5.41) is 7.51. The molecule has 20 heavy (non-hydrogen) atoms. The van der Waals surface area contributed by atoms with E-state index in [2.05, 4.69) is 23.5 Å². The third-order valence-electron chi connectivity index (χ3n) is 4.39. The van der Waals surface area contributed by atoms with Crippen LogP contribution >= 0.6 is 12.4 Å². The van der Waals surface area contributed by atoms with Gasteiger partial charge in [0.25, 0.3) is 0 Å². The van der Waals surface area contributed by atoms with Crippen molar-refractivity contribution in [2.45, 2.75) is 32.2 Å². The number of rotatable bonds is 3. The van der Waals surface area contributed by atoms with E-state index in [1.807, 2.05) is 15.8 Å². The number of amides is 1. The highest BCUT2D eigenvalue weighted by molar-refractivity contribution is 5.85. The standard InChI is InChI=1S/C14H22N4O.ClH/c1-2-18-10-13(9-16-18)11-3-5-17(6-4-11)14(19)12-7-15-8-12;/h9-12,15H,2-8H2,1H3;1H. The molecule has 0 aliphatic carbocycles. The van der Waals surface area contributed by atoms with Gasteiger partial charge >= 0.3 is 0 Å². The first-order chi connectivity index (χ1) is 9.28. The molecule has 2 fully saturated rings. The average Bonchev–Trinajstić information content (AvgIpc) is 2.85. The van der Waals surface area contributed by atoms with Crippen molar-refractivity contribution in [2.75, 3.05) is 26.2 Å². The number of nitrogens with one attached hydrogen (secondary N) is 1. The molecule has 2 aliphatic heterocycles. The van der Waals surface area contributed by atoms with Crippen molar-refractivity contribution < 1.29 is 4.79 Å². The van der Waals surface area contributed by atoms with Gasteiger partial charge in [-0.3, -0.25) is 9.48 Å². The lowest BCUT2D eigenvalue weighted by Gasteiger charge is -2.36. The average molecular weight is 299 g/mol. The fourth-order valence-electron chi connectivity index (χ4n) is 2.92. The van der Waals surface area contributed by atoms with Gasteiger partial charge in [-0.2, -0.15) is 5.10 Å². The van der Waals surface area contributed by atoms with Crippen LogP contribution in [0.1, 0.15) is 31.2 Å². The Labute approximate surface area is 126 Å². The van der Waals surface area contributed by atoms with Crippen LogP contribution < -0.4 is 5.32 Å². The summed E-state index contributed by atoms with van der Waals surface area (Å²) in [6.45, 7) is 6.55. The Morgan fingerprint density at radius 3 is 2.60 bits per heavy atom. The lowest BCUT2D eigenvalue weighted by Crippen LogP contribution is -2.53. The van der Waals surface area contributed by atoms with Crippen molar-refractivity contribution >= 4 is 18.3 Å². The van der Waals surface area contributed by atoms with E-state index in [4.69, 9.17) is 0 Å². The van der Waals surface area contributed by atoms with Crippen LogP contribution in [0.25, 0.3) is 0 Å². The summed E-state index contributed by atoms with van der Waals surface area (Å²) < 4.78 is 1.98. The summed E-state index contributed by atoms with van der Waals surface area (Å²) in [6.07, 6.45) is 6.28. The molecule has 3 heterocycles. The number of piperidine rings is 1. The van der Waals surface area contributed by atoms with Crippen molar-refractivity contribution in [3.63, 3.8) is 0 Å². The summed E-state index contributed by atoms with van der Waals surface area (Å²) in [4.78, 5) is 14.2. The van der Waals surface area contributed by atoms with Crippen LogP contribution in [-0.4, -0.2) is 46.8 Å². The van der Waals surface area contributed by atoms with E-state index in [1.165, 1.54) is 5.56 Å². The summed E-state index contributed by atoms with van der Waals surface area (Å²) in [6, 6.07) is 0. The highest BCUT2D eigenvalue weighted by Crippen LogP contribution is 2.28. The lowest BCUT2D eigenvalue weighted by atomic mass is 9.90. The molecule has 3 rings (SSSR count). The molecule has 1 aromatic rings. The van der Waals surface area contributed by atoms with E-state index in [1.54, 1.807) is 0 Å². The molecule has 0 bridgehead atoms. The van der Waals surface area contributed by atoms with E-state index in [-0.39, 0.29) is 18.3 Å². The molecule has 2 aliphatic rings. The SMILES string of the molecule is CCn1cc(C2CCN(C(=O)C3CNC3)CC2)cn1.Cl. The number of carbonyl (C=O) groups excluding carboxylic acids is 1. The number of likely N-dealkylation sites (tertiary alicyclic amines) is 1. The number of aromatic nitrogens is 2. The van der Waals surface area contributed by atoms with Gasteiger partial charge in [-0.25, -0.2) is 0 Å². The Morgan fingerprint density at radius 1 is 1.40 bits per heavy atom. The van der Waals surface area contributed by atoms with Crippen molar-refractivity contribution in [3.05, 3.63) is 18.0 Å². The van der Waals surface area contributed by atoms with Gasteiger partial charge in [0.05, 0.1) is 12.1 Å². The molecule has 0 aromatic carbocycles. The molecule has 0 saturated carbocycles. The third kappa shape index (κ3) is 2.99. The second-order valence-corrected chi connectivity index (χ2v) is 5.58. The van der Waals surface area contributed by atoms with Gasteiger partial charge in [-0.05, 0) is 31.2 Å². The first-order valence-electron chi connectivity index (χ1n) is 7.29. The maximum Gasteiger partial charge on any atom is 0.228 e. The van der Waals surface area contributed by atoms with E-state index in [0.717, 1.165) is 45.6 Å². The predicted molar refractivity (Wildman–Crippen MR) is 80.1 cm³/mol. The van der Waals surface area contributed by atoms with Gasteiger partial charge in [0.2, 0.25) is 5.91 Å². The number of aryl methyl sites for hydroxylation is 1. The third-order valence-corrected chi connectivity index (χ3v) is 4.39. The number of carbonyl (C=O) groups is 1. The molecule has 112 valence electrons. The van der Waals surface area contributed by atoms with Crippen LogP contribution in [0.15, 0.2) is 12.4 Å². The van der Waals surface area contributed by atoms with Crippen LogP contribution in [0.3, 0.4) is 0 Å². The zero-order chi connectivity index (χ0) is 13.2. The van der Waals surface area contributed by atoms with Crippen LogP contribution in [0.2, 0.25) is 0 Å². The Kier molecular flexibility index (Phi) is 5.05. The highest BCUT2D eigenvalue weighted by Gasteiger charge is 2.31. The largest absolute Gasteiger partial charge is 0.342 e. The van der Waals surface area contributed by atoms with Gasteiger partial charge in [-0.1, -0.05) is 0 Å². The molecule has 6 heteroatoms. The molecule has 0 unspecified atom stereocenters. The number of nitrogens with zero attached hydrogens (tertiary/aromatic N) is 3. The van der Waals surface area contributed by atoms with Gasteiger partial charge in [0, 0.05) is 38.9 Å². The van der Waals surface area contributed by atoms with Crippen LogP contribution in [0.4, 0.5) is 0 Å². The maximum absolute atomic E-state index is 12.1. The molecule has 1 N–H and O–H groups in total. The van der Waals surface area contributed by atoms with Crippen LogP contribution in [0, 0.1) is 5.92 Å². The first-order valence-corrected chi connectivity index (χ1v) is 7.29. The van der Waals surface area contributed by atoms with Crippen LogP contribution in [-0.2, 0) is 11.3 Å². The topological polar surface area (TPSA) is 50.2 Å². The van der Waals surface area contributed by atoms with E-state index in [9.17, 15) is 4.79 Å². The Hall–Kier alpha value is -1.07. The summed E-state index contributed by atoms with van der Waals surface area (Å²) in [7, 11) is 0. The lowest BCUT2D eigenvalue weighted by molar-refractivity contribution is -0.138. The normalized spacial score (nSPS) is 20.4. The molecule has 1 amide bonds. The van der Waals surface area contributed by atoms with Gasteiger partial charge in [0.15, 0.2) is 0 Å². The minimum atomic E-state index is 0. The van der Waals surface area contributed by atoms with Crippen molar-refractivity contribution in [2.24, 2.45) is 5.92 Å². The molecule has 2 saturated heterocycles. The van der Waals surface area contributed by atoms with Crippen molar-refractivity contribution in [3.8, 4) is 0 Å². The summed E-state index contributed by atoms with van der Waals surface area (Å²) >= 11 is 0. The van der Waals surface area contributed by atoms with Gasteiger partial charge in [-0.15, -0.1) is 12.4 Å². The highest BCUT2D eigenvalue weighted by atomic mass is 35.5. The molecule has 0 spiro atoms. The van der Waals surface area contributed by atoms with Crippen LogP contribution in [0.5, 0.6) is 0 Å². The zero-order valence-electron chi connectivity index (χ0n) is 11.9. The zero-order valence-corrected chi connectivity index (χ0v) is 12.7. The van der Waals surface area contributed by atoms with E-state index >= 15 is 0 Å². The molecule has 0 atom stereocenters. The summed E-state index contributed by atoms with van der Waals surface area (Å²) in [5.74, 6) is 1.16. The second kappa shape index (κ2) is 6.59. The molecule has 5 nitrogen and oxygen atoms in total. The van der Waals surface area contributed by atoms with Gasteiger partial charge in [0.1, 0.15) is 0 Å². The van der Waals surface area contributed by atoms with Gasteiger partial charge < -0.3 is 10.2 Å². The monoisotopic (exact) mass is 298 g/mol. The molecule has 1 aromatic heterocycles. The molecular weight excluding hydrogens is 276 g/mol. The summed E-state index contributed by atoms with van der Waals surface area (Å²) in [5.41, 5.74) is 1.33. The minimum Gasteiger partial charge on any atom is -0.342 e. The van der Waals surface area contributed by atoms with Crippen molar-refractivity contribution in [1.29, 1.82) is 0 Å². The van der Waals surface area contributed by atoms with E-state index < -0.39 is 0 Å². The smallest absolute Gasteiger partial charge is 0.228 e. The molecule has 0 radical (unpaired) electrons. The Morgan fingerprint density at radius 2 is 2.10 bits per heavy atom. The van der Waals surface area contributed by atoms with E-state index in [0.29, 0.717) is 11.8 Å². The first kappa shape index (κ1) is 15.3. The second-order valence-electron chi connectivity index (χ2n) is 5.58. The Balaban J connectivity index is 0.00000147. The van der Waals surface area contributed by atoms with Crippen molar-refractivity contribution in [1.82, 2.24) is 20.0 Å². The number of hydrogen-bond acceptors (Lipinski definition) is 3. The Bertz CT molecular complexity index is 450.